The van der Waals surface area contributed by atoms with Gasteiger partial charge in [0.2, 0.25) is 11.8 Å². The third kappa shape index (κ3) is 1.75. The van der Waals surface area contributed by atoms with Crippen molar-refractivity contribution in [3.05, 3.63) is 10.1 Å². The molecule has 0 radical (unpaired) electrons. The van der Waals surface area contributed by atoms with E-state index in [1.165, 1.54) is 0 Å². The van der Waals surface area contributed by atoms with Crippen molar-refractivity contribution < 1.29 is 14.3 Å². The van der Waals surface area contributed by atoms with Gasteiger partial charge in [-0.25, -0.2) is 0 Å². The van der Waals surface area contributed by atoms with Gasteiger partial charge in [-0.2, -0.15) is 0 Å². The van der Waals surface area contributed by atoms with Crippen molar-refractivity contribution in [2.75, 3.05) is 13.2 Å². The first-order chi connectivity index (χ1) is 11.1. The van der Waals surface area contributed by atoms with Crippen molar-refractivity contribution in [1.82, 2.24) is 4.90 Å². The second-order valence-electron chi connectivity index (χ2n) is 6.50. The fraction of sp³-hybridized carbons (Fsp3) is 0.714. The van der Waals surface area contributed by atoms with Gasteiger partial charge in [0.15, 0.2) is 4.33 Å². The molecule has 4 nitrogen and oxygen atoms in total. The van der Waals surface area contributed by atoms with Crippen LogP contribution in [0, 0.1) is 11.8 Å². The van der Waals surface area contributed by atoms with Crippen LogP contribution < -0.4 is 0 Å². The van der Waals surface area contributed by atoms with Crippen molar-refractivity contribution in [2.24, 2.45) is 11.8 Å². The Morgan fingerprint density at radius 3 is 1.92 bits per heavy atom. The van der Waals surface area contributed by atoms with E-state index in [2.05, 4.69) is 0 Å². The molecule has 0 aromatic rings. The second-order valence-corrected chi connectivity index (χ2v) is 9.78. The number of alkyl halides is 4. The number of likely N-dealkylation sites (tertiary alicyclic amines) is 1. The number of hydrogen-bond donors (Lipinski definition) is 0. The van der Waals surface area contributed by atoms with Crippen molar-refractivity contribution >= 4 is 81.4 Å². The minimum absolute atomic E-state index is 0.0767. The zero-order valence-corrected chi connectivity index (χ0v) is 16.5. The molecule has 0 spiro atoms. The predicted molar refractivity (Wildman–Crippen MR) is 93.0 cm³/mol. The fourth-order valence-electron chi connectivity index (χ4n) is 4.22. The molecule has 0 aromatic carbocycles. The number of rotatable bonds is 2. The Kier molecular flexibility index (Phi) is 3.98. The van der Waals surface area contributed by atoms with Crippen LogP contribution in [0.1, 0.15) is 12.8 Å². The van der Waals surface area contributed by atoms with E-state index in [1.807, 2.05) is 0 Å². The average molecular weight is 454 g/mol. The highest BCUT2D eigenvalue weighted by Gasteiger charge is 2.87. The van der Waals surface area contributed by atoms with E-state index in [1.54, 1.807) is 0 Å². The number of imide groups is 1. The van der Waals surface area contributed by atoms with E-state index < -0.39 is 37.7 Å². The molecule has 3 fully saturated rings. The molecule has 4 rings (SSSR count). The van der Waals surface area contributed by atoms with Gasteiger partial charge in [-0.15, -0.1) is 23.2 Å². The number of allylic oxidation sites excluding steroid dienone is 2. The van der Waals surface area contributed by atoms with E-state index in [9.17, 15) is 9.59 Å². The highest BCUT2D eigenvalue weighted by Crippen LogP contribution is 2.77. The maximum atomic E-state index is 12.9. The summed E-state index contributed by atoms with van der Waals surface area (Å²) < 4.78 is 3.63. The molecular weight excluding hydrogens is 443 g/mol. The maximum Gasteiger partial charge on any atom is 0.235 e. The minimum Gasteiger partial charge on any atom is -0.376 e. The molecule has 0 N–H and O–H groups in total. The van der Waals surface area contributed by atoms with Crippen molar-refractivity contribution in [2.45, 2.75) is 33.0 Å². The molecule has 10 heteroatoms. The number of halogens is 6. The normalized spacial score (nSPS) is 46.4. The minimum atomic E-state index is -1.88. The molecule has 2 saturated heterocycles. The van der Waals surface area contributed by atoms with Crippen LogP contribution >= 0.6 is 69.6 Å². The zero-order valence-electron chi connectivity index (χ0n) is 12.0. The molecule has 0 aromatic heterocycles. The van der Waals surface area contributed by atoms with Gasteiger partial charge in [-0.05, 0) is 12.8 Å². The lowest BCUT2D eigenvalue weighted by molar-refractivity contribution is -0.142. The molecule has 132 valence electrons. The third-order valence-electron chi connectivity index (χ3n) is 5.41. The standard InChI is InChI=1S/C14H11Cl6NO3/c15-8-9(16)13(18)7-6(12(8,17)14(13,19)20)10(22)21(11(7)23)4-5-2-1-3-24-5/h5-7H,1-4H2/t5-,6-,7+,12-,13-/m1/s1. The van der Waals surface area contributed by atoms with E-state index in [4.69, 9.17) is 74.3 Å². The first-order valence-electron chi connectivity index (χ1n) is 7.38. The molecule has 2 heterocycles. The molecule has 5 atom stereocenters. The second kappa shape index (κ2) is 5.31. The summed E-state index contributed by atoms with van der Waals surface area (Å²) in [5.41, 5.74) is 0. The summed E-state index contributed by atoms with van der Waals surface area (Å²) in [5, 5.41) is -0.153. The van der Waals surface area contributed by atoms with Gasteiger partial charge in [0.05, 0.1) is 34.5 Å². The number of nitrogens with zero attached hydrogens (tertiary/aromatic N) is 1. The lowest BCUT2D eigenvalue weighted by Crippen LogP contribution is -2.50. The topological polar surface area (TPSA) is 46.6 Å². The van der Waals surface area contributed by atoms with E-state index >= 15 is 0 Å². The molecular formula is C14H11Cl6NO3. The molecule has 1 saturated carbocycles. The number of fused-ring (bicyclic) bond motifs is 5. The van der Waals surface area contributed by atoms with Crippen molar-refractivity contribution in [1.29, 1.82) is 0 Å². The molecule has 2 aliphatic carbocycles. The Labute approximate surface area is 168 Å². The fourth-order valence-corrected chi connectivity index (χ4v) is 7.15. The summed E-state index contributed by atoms with van der Waals surface area (Å²) in [6.45, 7) is 0.760. The predicted octanol–water partition coefficient (Wildman–Crippen LogP) is 3.61. The van der Waals surface area contributed by atoms with Gasteiger partial charge in [-0.3, -0.25) is 14.5 Å². The summed E-state index contributed by atoms with van der Waals surface area (Å²) >= 11 is 38.5. The van der Waals surface area contributed by atoms with Gasteiger partial charge in [0, 0.05) is 6.61 Å². The number of carbonyl (C=O) groups excluding carboxylic acids is 2. The third-order valence-corrected chi connectivity index (χ3v) is 9.67. The van der Waals surface area contributed by atoms with Crippen LogP contribution in [0.3, 0.4) is 0 Å². The van der Waals surface area contributed by atoms with Crippen LogP contribution in [-0.2, 0) is 14.3 Å². The lowest BCUT2D eigenvalue weighted by atomic mass is 9.84. The van der Waals surface area contributed by atoms with Gasteiger partial charge in [0.25, 0.3) is 0 Å². The van der Waals surface area contributed by atoms with Gasteiger partial charge < -0.3 is 4.74 Å². The van der Waals surface area contributed by atoms with Crippen LogP contribution in [0.4, 0.5) is 0 Å². The van der Waals surface area contributed by atoms with Gasteiger partial charge in [0.1, 0.15) is 9.75 Å². The maximum absolute atomic E-state index is 12.9. The average Bonchev–Trinajstić information content (AvgIpc) is 3.17. The Morgan fingerprint density at radius 2 is 1.50 bits per heavy atom. The molecule has 2 aliphatic heterocycles. The molecule has 2 bridgehead atoms. The number of hydrogen-bond acceptors (Lipinski definition) is 3. The van der Waals surface area contributed by atoms with E-state index in [0.717, 1.165) is 17.7 Å². The molecule has 24 heavy (non-hydrogen) atoms. The summed E-state index contributed by atoms with van der Waals surface area (Å²) in [7, 11) is 0. The Balaban J connectivity index is 1.78. The Bertz CT molecular complexity index is 644. The largest absolute Gasteiger partial charge is 0.376 e. The van der Waals surface area contributed by atoms with Crippen LogP contribution in [-0.4, -0.2) is 50.1 Å². The number of carbonyl (C=O) groups is 2. The highest BCUT2D eigenvalue weighted by atomic mass is 35.5. The first-order valence-corrected chi connectivity index (χ1v) is 9.65. The Hall–Kier alpha value is 0.580. The quantitative estimate of drug-likeness (QED) is 0.474. The van der Waals surface area contributed by atoms with Crippen LogP contribution in [0.25, 0.3) is 0 Å². The van der Waals surface area contributed by atoms with E-state index in [0.29, 0.717) is 6.61 Å². The highest BCUT2D eigenvalue weighted by molar-refractivity contribution is 6.66. The van der Waals surface area contributed by atoms with Crippen LogP contribution in [0.2, 0.25) is 0 Å². The van der Waals surface area contributed by atoms with Crippen LogP contribution in [0.5, 0.6) is 0 Å². The lowest BCUT2D eigenvalue weighted by Gasteiger charge is -2.34. The number of ether oxygens (including phenoxy) is 1. The van der Waals surface area contributed by atoms with E-state index in [-0.39, 0.29) is 22.7 Å². The monoisotopic (exact) mass is 451 g/mol. The smallest absolute Gasteiger partial charge is 0.235 e. The molecule has 4 aliphatic rings. The van der Waals surface area contributed by atoms with Crippen molar-refractivity contribution in [3.8, 4) is 0 Å². The molecule has 0 unspecified atom stereocenters. The summed E-state index contributed by atoms with van der Waals surface area (Å²) in [5.74, 6) is -3.11. The van der Waals surface area contributed by atoms with Crippen molar-refractivity contribution in [3.63, 3.8) is 0 Å². The van der Waals surface area contributed by atoms with Gasteiger partial charge in [-0.1, -0.05) is 46.4 Å². The molecule has 2 amide bonds. The SMILES string of the molecule is O=C1[C@@H]2[C@H](C(=O)N1C[C@H]1CCCO1)[C@@]1(Cl)C(Cl)=C(Cl)[C@@]2(Cl)C1(Cl)Cl. The summed E-state index contributed by atoms with van der Waals surface area (Å²) in [6.07, 6.45) is 1.47. The zero-order chi connectivity index (χ0) is 17.7. The number of amides is 2. The first kappa shape index (κ1) is 18.0. The van der Waals surface area contributed by atoms with Crippen LogP contribution in [0.15, 0.2) is 10.1 Å². The summed E-state index contributed by atoms with van der Waals surface area (Å²) in [4.78, 5) is 23.5. The summed E-state index contributed by atoms with van der Waals surface area (Å²) in [6, 6.07) is 0. The van der Waals surface area contributed by atoms with Gasteiger partial charge >= 0.3 is 0 Å². The Morgan fingerprint density at radius 1 is 1.00 bits per heavy atom.